The van der Waals surface area contributed by atoms with E-state index in [1.165, 1.54) is 25.7 Å². The summed E-state index contributed by atoms with van der Waals surface area (Å²) in [6.07, 6.45) is 8.93. The Morgan fingerprint density at radius 2 is 1.54 bits per heavy atom. The van der Waals surface area contributed by atoms with Crippen molar-refractivity contribution < 1.29 is 9.21 Å². The predicted molar refractivity (Wildman–Crippen MR) is 107 cm³/mol. The minimum atomic E-state index is -0.441. The van der Waals surface area contributed by atoms with Gasteiger partial charge in [0, 0.05) is 13.1 Å². The molecule has 0 N–H and O–H groups in total. The molecule has 142 valence electrons. The molecule has 1 aromatic carbocycles. The van der Waals surface area contributed by atoms with Crippen molar-refractivity contribution in [2.24, 2.45) is 0 Å². The number of unbranched alkanes of at least 4 members (excludes halogenated alkanes) is 6. The maximum atomic E-state index is 13.0. The largest absolute Gasteiger partial charge is 0.417 e. The summed E-state index contributed by atoms with van der Waals surface area (Å²) in [5.41, 5.74) is -0.441. The molecule has 2 aromatic rings. The zero-order valence-corrected chi connectivity index (χ0v) is 16.1. The Hall–Kier alpha value is -2.10. The molecule has 2 rings (SSSR count). The summed E-state index contributed by atoms with van der Waals surface area (Å²) in [6, 6.07) is 8.93. The van der Waals surface area contributed by atoms with Crippen molar-refractivity contribution in [3.05, 3.63) is 46.5 Å². The molecule has 4 heteroatoms. The minimum Gasteiger partial charge on any atom is -0.417 e. The molecule has 0 bridgehead atoms. The van der Waals surface area contributed by atoms with Crippen LogP contribution in [0.3, 0.4) is 0 Å². The van der Waals surface area contributed by atoms with Gasteiger partial charge >= 0.3 is 5.63 Å². The average Bonchev–Trinajstić information content (AvgIpc) is 2.66. The SMILES string of the molecule is CCCCCCN(CCCCCC)C(=O)c1cc2ccccc2c(=O)o1. The summed E-state index contributed by atoms with van der Waals surface area (Å²) in [7, 11) is 0. The van der Waals surface area contributed by atoms with E-state index in [1.54, 1.807) is 18.2 Å². The lowest BCUT2D eigenvalue weighted by Crippen LogP contribution is -2.33. The number of nitrogens with zero attached hydrogens (tertiary/aromatic N) is 1. The average molecular weight is 357 g/mol. The summed E-state index contributed by atoms with van der Waals surface area (Å²) in [5, 5.41) is 1.27. The van der Waals surface area contributed by atoms with E-state index >= 15 is 0 Å². The Labute approximate surface area is 156 Å². The van der Waals surface area contributed by atoms with E-state index in [-0.39, 0.29) is 11.7 Å². The van der Waals surface area contributed by atoms with Gasteiger partial charge in [-0.15, -0.1) is 0 Å². The van der Waals surface area contributed by atoms with Gasteiger partial charge in [0.25, 0.3) is 5.91 Å². The first-order chi connectivity index (χ1) is 12.7. The number of carbonyl (C=O) groups excluding carboxylic acids is 1. The first-order valence-corrected chi connectivity index (χ1v) is 9.99. The van der Waals surface area contributed by atoms with Crippen LogP contribution in [0.2, 0.25) is 0 Å². The predicted octanol–water partition coefficient (Wildman–Crippen LogP) is 5.40. The van der Waals surface area contributed by atoms with Gasteiger partial charge in [-0.3, -0.25) is 4.79 Å². The van der Waals surface area contributed by atoms with Gasteiger partial charge in [-0.2, -0.15) is 0 Å². The molecule has 1 aromatic heterocycles. The molecule has 1 amide bonds. The van der Waals surface area contributed by atoms with Crippen LogP contribution < -0.4 is 5.63 Å². The van der Waals surface area contributed by atoms with Crippen LogP contribution in [-0.4, -0.2) is 23.9 Å². The van der Waals surface area contributed by atoms with Gasteiger partial charge in [0.2, 0.25) is 0 Å². The summed E-state index contributed by atoms with van der Waals surface area (Å²) >= 11 is 0. The van der Waals surface area contributed by atoms with E-state index in [0.717, 1.165) is 44.2 Å². The highest BCUT2D eigenvalue weighted by molar-refractivity contribution is 5.95. The molecule has 0 aliphatic carbocycles. The van der Waals surface area contributed by atoms with E-state index in [9.17, 15) is 9.59 Å². The monoisotopic (exact) mass is 357 g/mol. The highest BCUT2D eigenvalue weighted by Gasteiger charge is 2.19. The zero-order valence-electron chi connectivity index (χ0n) is 16.1. The number of hydrogen-bond acceptors (Lipinski definition) is 3. The second-order valence-electron chi connectivity index (χ2n) is 6.90. The van der Waals surface area contributed by atoms with Gasteiger partial charge < -0.3 is 9.32 Å². The summed E-state index contributed by atoms with van der Waals surface area (Å²) in [5.74, 6) is -0.0134. The standard InChI is InChI=1S/C22H31NO3/c1-3-5-7-11-15-23(16-12-8-6-4-2)21(24)20-17-18-13-9-10-14-19(18)22(25)26-20/h9-10,13-14,17H,3-8,11-12,15-16H2,1-2H3. The molecule has 0 saturated heterocycles. The van der Waals surface area contributed by atoms with E-state index in [4.69, 9.17) is 4.42 Å². The van der Waals surface area contributed by atoms with Crippen LogP contribution in [0.25, 0.3) is 10.8 Å². The van der Waals surface area contributed by atoms with Gasteiger partial charge in [0.05, 0.1) is 5.39 Å². The Balaban J connectivity index is 2.13. The molecule has 0 aliphatic rings. The summed E-state index contributed by atoms with van der Waals surface area (Å²) in [6.45, 7) is 5.80. The van der Waals surface area contributed by atoms with E-state index in [1.807, 2.05) is 17.0 Å². The van der Waals surface area contributed by atoms with E-state index < -0.39 is 5.63 Å². The van der Waals surface area contributed by atoms with Gasteiger partial charge in [-0.05, 0) is 30.4 Å². The Morgan fingerprint density at radius 1 is 0.923 bits per heavy atom. The fourth-order valence-corrected chi connectivity index (χ4v) is 3.17. The molecule has 0 spiro atoms. The van der Waals surface area contributed by atoms with E-state index in [2.05, 4.69) is 13.8 Å². The lowest BCUT2D eigenvalue weighted by atomic mass is 10.1. The smallest absolute Gasteiger partial charge is 0.344 e. The molecule has 4 nitrogen and oxygen atoms in total. The first kappa shape index (κ1) is 20.2. The highest BCUT2D eigenvalue weighted by Crippen LogP contribution is 2.15. The lowest BCUT2D eigenvalue weighted by Gasteiger charge is -2.22. The molecule has 0 aliphatic heterocycles. The van der Waals surface area contributed by atoms with Crippen molar-refractivity contribution in [2.75, 3.05) is 13.1 Å². The highest BCUT2D eigenvalue weighted by atomic mass is 16.4. The van der Waals surface area contributed by atoms with Crippen molar-refractivity contribution in [1.82, 2.24) is 4.90 Å². The molecule has 0 unspecified atom stereocenters. The molecule has 0 radical (unpaired) electrons. The third-order valence-corrected chi connectivity index (χ3v) is 4.73. The summed E-state index contributed by atoms with van der Waals surface area (Å²) < 4.78 is 5.34. The van der Waals surface area contributed by atoms with E-state index in [0.29, 0.717) is 5.39 Å². The van der Waals surface area contributed by atoms with Gasteiger partial charge in [0.1, 0.15) is 0 Å². The quantitative estimate of drug-likeness (QED) is 0.506. The number of carbonyl (C=O) groups is 1. The fourth-order valence-electron chi connectivity index (χ4n) is 3.17. The second-order valence-corrected chi connectivity index (χ2v) is 6.90. The van der Waals surface area contributed by atoms with Crippen molar-refractivity contribution in [3.63, 3.8) is 0 Å². The zero-order chi connectivity index (χ0) is 18.8. The molecule has 0 saturated carbocycles. The molecule has 0 atom stereocenters. The van der Waals surface area contributed by atoms with Crippen molar-refractivity contribution in [1.29, 1.82) is 0 Å². The molecular formula is C22H31NO3. The number of fused-ring (bicyclic) bond motifs is 1. The fraction of sp³-hybridized carbons (Fsp3) is 0.545. The molecular weight excluding hydrogens is 326 g/mol. The number of benzene rings is 1. The normalized spacial score (nSPS) is 11.0. The second kappa shape index (κ2) is 10.8. The molecule has 0 fully saturated rings. The Bertz CT molecular complexity index is 738. The third kappa shape index (κ3) is 5.72. The topological polar surface area (TPSA) is 50.5 Å². The van der Waals surface area contributed by atoms with Crippen LogP contribution in [0, 0.1) is 0 Å². The lowest BCUT2D eigenvalue weighted by molar-refractivity contribution is 0.0713. The number of rotatable bonds is 11. The van der Waals surface area contributed by atoms with Crippen molar-refractivity contribution in [3.8, 4) is 0 Å². The third-order valence-electron chi connectivity index (χ3n) is 4.73. The van der Waals surface area contributed by atoms with Crippen LogP contribution in [0.1, 0.15) is 75.8 Å². The number of amides is 1. The minimum absolute atomic E-state index is 0.152. The van der Waals surface area contributed by atoms with Crippen LogP contribution in [0.15, 0.2) is 39.5 Å². The Morgan fingerprint density at radius 3 is 2.15 bits per heavy atom. The summed E-state index contributed by atoms with van der Waals surface area (Å²) in [4.78, 5) is 27.0. The van der Waals surface area contributed by atoms with Gasteiger partial charge in [0.15, 0.2) is 5.76 Å². The van der Waals surface area contributed by atoms with Gasteiger partial charge in [-0.25, -0.2) is 4.79 Å². The van der Waals surface area contributed by atoms with Crippen LogP contribution in [0.5, 0.6) is 0 Å². The van der Waals surface area contributed by atoms with Crippen LogP contribution in [0.4, 0.5) is 0 Å². The number of hydrogen-bond donors (Lipinski definition) is 0. The van der Waals surface area contributed by atoms with Crippen LogP contribution >= 0.6 is 0 Å². The maximum Gasteiger partial charge on any atom is 0.344 e. The van der Waals surface area contributed by atoms with Crippen molar-refractivity contribution >= 4 is 16.7 Å². The van der Waals surface area contributed by atoms with Gasteiger partial charge in [-0.1, -0.05) is 70.6 Å². The Kier molecular flexibility index (Phi) is 8.39. The molecule has 26 heavy (non-hydrogen) atoms. The maximum absolute atomic E-state index is 13.0. The van der Waals surface area contributed by atoms with Crippen LogP contribution in [-0.2, 0) is 0 Å². The van der Waals surface area contributed by atoms with Crippen molar-refractivity contribution in [2.45, 2.75) is 65.2 Å². The molecule has 1 heterocycles. The first-order valence-electron chi connectivity index (χ1n) is 9.99.